The van der Waals surface area contributed by atoms with Crippen LogP contribution in [0.2, 0.25) is 0 Å². The van der Waals surface area contributed by atoms with E-state index in [0.29, 0.717) is 30.5 Å². The highest BCUT2D eigenvalue weighted by Gasteiger charge is 2.31. The van der Waals surface area contributed by atoms with E-state index in [1.54, 1.807) is 14.2 Å². The number of carbonyl (C=O) groups excluding carboxylic acids is 1. The molecule has 2 heterocycles. The smallest absolute Gasteiger partial charge is 0.228 e. The van der Waals surface area contributed by atoms with E-state index in [4.69, 9.17) is 18.9 Å². The number of carbonyl (C=O) groups is 1. The minimum atomic E-state index is 0.0387. The molecule has 0 aliphatic carbocycles. The molecule has 0 saturated carbocycles. The first-order chi connectivity index (χ1) is 11.7. The molecule has 1 aromatic carbocycles. The Bertz CT molecular complexity index is 540. The molecule has 132 valence electrons. The van der Waals surface area contributed by atoms with E-state index in [2.05, 4.69) is 0 Å². The number of methoxy groups -OCH3 is 2. The Morgan fingerprint density at radius 2 is 1.79 bits per heavy atom. The average molecular weight is 335 g/mol. The fourth-order valence-corrected chi connectivity index (χ4v) is 3.28. The third-order valence-corrected chi connectivity index (χ3v) is 4.70. The second-order valence-electron chi connectivity index (χ2n) is 6.19. The van der Waals surface area contributed by atoms with Crippen molar-refractivity contribution >= 4 is 5.91 Å². The first-order valence-electron chi connectivity index (χ1n) is 8.47. The molecule has 2 fully saturated rings. The zero-order valence-electron chi connectivity index (χ0n) is 14.3. The molecule has 0 bridgehead atoms. The van der Waals surface area contributed by atoms with Crippen molar-refractivity contribution in [1.29, 1.82) is 0 Å². The van der Waals surface area contributed by atoms with Crippen molar-refractivity contribution in [1.82, 2.24) is 4.90 Å². The van der Waals surface area contributed by atoms with Crippen LogP contribution in [0.25, 0.3) is 0 Å². The van der Waals surface area contributed by atoms with Gasteiger partial charge in [-0.3, -0.25) is 4.79 Å². The van der Waals surface area contributed by atoms with Crippen LogP contribution >= 0.6 is 0 Å². The fourth-order valence-electron chi connectivity index (χ4n) is 3.28. The van der Waals surface area contributed by atoms with Crippen molar-refractivity contribution in [3.8, 4) is 17.2 Å². The topological polar surface area (TPSA) is 57.2 Å². The lowest BCUT2D eigenvalue weighted by molar-refractivity contribution is -0.137. The Morgan fingerprint density at radius 1 is 1.12 bits per heavy atom. The highest BCUT2D eigenvalue weighted by Crippen LogP contribution is 2.38. The number of nitrogens with zero attached hydrogens (tertiary/aromatic N) is 1. The number of benzene rings is 1. The van der Waals surface area contributed by atoms with Gasteiger partial charge in [-0.15, -0.1) is 0 Å². The van der Waals surface area contributed by atoms with Gasteiger partial charge in [-0.25, -0.2) is 0 Å². The van der Waals surface area contributed by atoms with Gasteiger partial charge in [0.15, 0.2) is 11.5 Å². The van der Waals surface area contributed by atoms with Gasteiger partial charge in [0.05, 0.1) is 26.7 Å². The summed E-state index contributed by atoms with van der Waals surface area (Å²) in [6.45, 7) is 2.70. The first-order valence-corrected chi connectivity index (χ1v) is 8.47. The highest BCUT2D eigenvalue weighted by atomic mass is 16.5. The number of hydrogen-bond acceptors (Lipinski definition) is 5. The van der Waals surface area contributed by atoms with Crippen LogP contribution in [-0.4, -0.2) is 57.4 Å². The molecule has 2 saturated heterocycles. The van der Waals surface area contributed by atoms with Gasteiger partial charge < -0.3 is 23.8 Å². The third-order valence-electron chi connectivity index (χ3n) is 4.70. The molecule has 3 rings (SSSR count). The Balaban J connectivity index is 1.58. The lowest BCUT2D eigenvalue weighted by Gasteiger charge is -2.33. The Labute approximate surface area is 142 Å². The standard InChI is InChI=1S/C18H25NO5/c1-21-15-4-3-5-16(22-2)17(15)24-14-6-9-19(10-7-14)18(20)13-8-11-23-12-13/h3-5,13-14H,6-12H2,1-2H3/t13-/m1/s1. The number of hydrogen-bond donors (Lipinski definition) is 0. The van der Waals surface area contributed by atoms with E-state index >= 15 is 0 Å². The summed E-state index contributed by atoms with van der Waals surface area (Å²) < 4.78 is 22.2. The van der Waals surface area contributed by atoms with Crippen molar-refractivity contribution in [2.75, 3.05) is 40.5 Å². The number of rotatable bonds is 5. The molecule has 0 spiro atoms. The molecule has 24 heavy (non-hydrogen) atoms. The quantitative estimate of drug-likeness (QED) is 0.825. The summed E-state index contributed by atoms with van der Waals surface area (Å²) >= 11 is 0. The number of likely N-dealkylation sites (tertiary alicyclic amines) is 1. The van der Waals surface area contributed by atoms with Crippen molar-refractivity contribution in [2.45, 2.75) is 25.4 Å². The van der Waals surface area contributed by atoms with E-state index in [-0.39, 0.29) is 17.9 Å². The third kappa shape index (κ3) is 3.59. The normalized spacial score (nSPS) is 21.6. The monoisotopic (exact) mass is 335 g/mol. The van der Waals surface area contributed by atoms with Crippen molar-refractivity contribution < 1.29 is 23.7 Å². The summed E-state index contributed by atoms with van der Waals surface area (Å²) in [4.78, 5) is 14.4. The van der Waals surface area contributed by atoms with Gasteiger partial charge in [-0.1, -0.05) is 6.07 Å². The van der Waals surface area contributed by atoms with Crippen molar-refractivity contribution in [3.05, 3.63) is 18.2 Å². The van der Waals surface area contributed by atoms with E-state index in [0.717, 1.165) is 32.4 Å². The summed E-state index contributed by atoms with van der Waals surface area (Å²) in [5.74, 6) is 2.22. The molecule has 0 unspecified atom stereocenters. The van der Waals surface area contributed by atoms with Gasteiger partial charge in [0.2, 0.25) is 11.7 Å². The van der Waals surface area contributed by atoms with Crippen LogP contribution < -0.4 is 14.2 Å². The summed E-state index contributed by atoms with van der Waals surface area (Å²) in [7, 11) is 3.24. The van der Waals surface area contributed by atoms with Crippen LogP contribution in [0, 0.1) is 5.92 Å². The van der Waals surface area contributed by atoms with Crippen LogP contribution in [0.3, 0.4) is 0 Å². The Morgan fingerprint density at radius 3 is 2.33 bits per heavy atom. The molecule has 0 N–H and O–H groups in total. The van der Waals surface area contributed by atoms with E-state index in [9.17, 15) is 4.79 Å². The number of para-hydroxylation sites is 1. The summed E-state index contributed by atoms with van der Waals surface area (Å²) in [5, 5.41) is 0. The van der Waals surface area contributed by atoms with Gasteiger partial charge in [0.25, 0.3) is 0 Å². The van der Waals surface area contributed by atoms with Crippen LogP contribution in [0.15, 0.2) is 18.2 Å². The van der Waals surface area contributed by atoms with Gasteiger partial charge >= 0.3 is 0 Å². The maximum absolute atomic E-state index is 12.4. The zero-order valence-corrected chi connectivity index (χ0v) is 14.3. The molecular formula is C18H25NO5. The second kappa shape index (κ2) is 7.75. The summed E-state index contributed by atoms with van der Waals surface area (Å²) in [6.07, 6.45) is 2.51. The molecule has 2 aliphatic heterocycles. The largest absolute Gasteiger partial charge is 0.493 e. The molecule has 2 aliphatic rings. The van der Waals surface area contributed by atoms with Crippen LogP contribution in [-0.2, 0) is 9.53 Å². The van der Waals surface area contributed by atoms with E-state index in [1.807, 2.05) is 23.1 Å². The van der Waals surface area contributed by atoms with Crippen LogP contribution in [0.4, 0.5) is 0 Å². The number of amides is 1. The predicted molar refractivity (Wildman–Crippen MR) is 88.7 cm³/mol. The highest BCUT2D eigenvalue weighted by molar-refractivity contribution is 5.79. The number of piperidine rings is 1. The minimum Gasteiger partial charge on any atom is -0.493 e. The van der Waals surface area contributed by atoms with Gasteiger partial charge in [-0.2, -0.15) is 0 Å². The molecule has 6 nitrogen and oxygen atoms in total. The molecule has 0 radical (unpaired) electrons. The molecule has 6 heteroatoms. The van der Waals surface area contributed by atoms with Crippen LogP contribution in [0.5, 0.6) is 17.2 Å². The maximum atomic E-state index is 12.4. The van der Waals surface area contributed by atoms with Gasteiger partial charge in [0, 0.05) is 32.5 Å². The van der Waals surface area contributed by atoms with Gasteiger partial charge in [0.1, 0.15) is 6.10 Å². The molecule has 1 amide bonds. The summed E-state index contributed by atoms with van der Waals surface area (Å²) in [6, 6.07) is 5.59. The van der Waals surface area contributed by atoms with E-state index < -0.39 is 0 Å². The maximum Gasteiger partial charge on any atom is 0.228 e. The fraction of sp³-hybridized carbons (Fsp3) is 0.611. The average Bonchev–Trinajstić information content (AvgIpc) is 3.16. The van der Waals surface area contributed by atoms with Gasteiger partial charge in [-0.05, 0) is 18.6 Å². The lowest BCUT2D eigenvalue weighted by Crippen LogP contribution is -2.44. The zero-order chi connectivity index (χ0) is 16.9. The predicted octanol–water partition coefficient (Wildman–Crippen LogP) is 2.11. The second-order valence-corrected chi connectivity index (χ2v) is 6.19. The first kappa shape index (κ1) is 16.9. The number of ether oxygens (including phenoxy) is 4. The van der Waals surface area contributed by atoms with E-state index in [1.165, 1.54) is 0 Å². The SMILES string of the molecule is COc1cccc(OC)c1OC1CCN(C(=O)[C@@H]2CCOC2)CC1. The molecular weight excluding hydrogens is 310 g/mol. The summed E-state index contributed by atoms with van der Waals surface area (Å²) in [5.41, 5.74) is 0. The van der Waals surface area contributed by atoms with Crippen LogP contribution in [0.1, 0.15) is 19.3 Å². The Kier molecular flexibility index (Phi) is 5.45. The Hall–Kier alpha value is -1.95. The van der Waals surface area contributed by atoms with Crippen molar-refractivity contribution in [2.24, 2.45) is 5.92 Å². The minimum absolute atomic E-state index is 0.0387. The van der Waals surface area contributed by atoms with Crippen molar-refractivity contribution in [3.63, 3.8) is 0 Å². The molecule has 1 atom stereocenters. The molecule has 0 aromatic heterocycles. The lowest BCUT2D eigenvalue weighted by atomic mass is 10.0. The molecule has 1 aromatic rings.